The van der Waals surface area contributed by atoms with Crippen LogP contribution in [0.2, 0.25) is 0 Å². The van der Waals surface area contributed by atoms with Crippen molar-refractivity contribution < 1.29 is 47.6 Å². The standard InChI is InChI=1S/C22H23NO10S/c1-28-11-7-10-13(8-12(11)29-2)34-9-23-17(10)15(20(25)31-4)14(19(24)30-3)16(21(26)32-5)18(23)22(27)33-6/h7-8,18H,9H2,1-6H3. The predicted molar refractivity (Wildman–Crippen MR) is 118 cm³/mol. The van der Waals surface area contributed by atoms with Gasteiger partial charge >= 0.3 is 23.9 Å². The predicted octanol–water partition coefficient (Wildman–Crippen LogP) is 1.15. The van der Waals surface area contributed by atoms with Gasteiger partial charge in [-0.3, -0.25) is 0 Å². The maximum Gasteiger partial charge on any atom is 0.340 e. The maximum atomic E-state index is 13.1. The summed E-state index contributed by atoms with van der Waals surface area (Å²) in [6.07, 6.45) is 0. The summed E-state index contributed by atoms with van der Waals surface area (Å²) in [6.45, 7) is 0. The summed E-state index contributed by atoms with van der Waals surface area (Å²) in [5.41, 5.74) is -0.479. The van der Waals surface area contributed by atoms with Gasteiger partial charge in [-0.1, -0.05) is 0 Å². The van der Waals surface area contributed by atoms with Gasteiger partial charge in [0, 0.05) is 10.5 Å². The summed E-state index contributed by atoms with van der Waals surface area (Å²) in [5.74, 6) is -2.88. The molecule has 0 N–H and O–H groups in total. The minimum Gasteiger partial charge on any atom is -0.493 e. The third-order valence-corrected chi connectivity index (χ3v) is 6.39. The van der Waals surface area contributed by atoms with E-state index in [0.717, 1.165) is 28.4 Å². The summed E-state index contributed by atoms with van der Waals surface area (Å²) in [4.78, 5) is 54.0. The van der Waals surface area contributed by atoms with Crippen molar-refractivity contribution in [2.75, 3.05) is 48.5 Å². The van der Waals surface area contributed by atoms with Crippen molar-refractivity contribution >= 4 is 41.3 Å². The molecule has 0 amide bonds. The quantitative estimate of drug-likeness (QED) is 0.417. The fourth-order valence-electron chi connectivity index (χ4n) is 3.85. The zero-order valence-electron chi connectivity index (χ0n) is 19.4. The van der Waals surface area contributed by atoms with Gasteiger partial charge in [0.2, 0.25) is 0 Å². The molecule has 182 valence electrons. The molecule has 0 bridgehead atoms. The minimum absolute atomic E-state index is 0.118. The van der Waals surface area contributed by atoms with E-state index >= 15 is 0 Å². The van der Waals surface area contributed by atoms with E-state index in [2.05, 4.69) is 0 Å². The maximum absolute atomic E-state index is 13.1. The molecule has 12 heteroatoms. The molecule has 34 heavy (non-hydrogen) atoms. The van der Waals surface area contributed by atoms with Crippen molar-refractivity contribution in [3.05, 3.63) is 34.4 Å². The lowest BCUT2D eigenvalue weighted by Crippen LogP contribution is -2.50. The van der Waals surface area contributed by atoms with Gasteiger partial charge in [-0.05, 0) is 12.1 Å². The fourth-order valence-corrected chi connectivity index (χ4v) is 4.90. The van der Waals surface area contributed by atoms with Crippen molar-refractivity contribution in [2.45, 2.75) is 10.9 Å². The van der Waals surface area contributed by atoms with Gasteiger partial charge in [-0.2, -0.15) is 0 Å². The number of thioether (sulfide) groups is 1. The fraction of sp³-hybridized carbons (Fsp3) is 0.364. The lowest BCUT2D eigenvalue weighted by atomic mass is 9.85. The summed E-state index contributed by atoms with van der Waals surface area (Å²) in [6, 6.07) is 1.92. The van der Waals surface area contributed by atoms with Crippen LogP contribution in [0.15, 0.2) is 33.7 Å². The van der Waals surface area contributed by atoms with Crippen LogP contribution in [0.5, 0.6) is 11.5 Å². The average Bonchev–Trinajstić information content (AvgIpc) is 2.88. The molecule has 2 aliphatic heterocycles. The number of hydrogen-bond acceptors (Lipinski definition) is 12. The van der Waals surface area contributed by atoms with Crippen molar-refractivity contribution in [3.63, 3.8) is 0 Å². The Labute approximate surface area is 199 Å². The molecule has 0 aromatic heterocycles. The number of carbonyl (C=O) groups excluding carboxylic acids is 4. The second kappa shape index (κ2) is 10.1. The molecule has 0 radical (unpaired) electrons. The summed E-state index contributed by atoms with van der Waals surface area (Å²) >= 11 is 1.32. The van der Waals surface area contributed by atoms with Gasteiger partial charge in [0.15, 0.2) is 17.5 Å². The highest BCUT2D eigenvalue weighted by Crippen LogP contribution is 2.49. The molecule has 1 aromatic rings. The minimum atomic E-state index is -1.40. The summed E-state index contributed by atoms with van der Waals surface area (Å²) in [5, 5.41) is 0. The molecule has 3 rings (SSSR count). The molecule has 1 aromatic carbocycles. The van der Waals surface area contributed by atoms with Crippen LogP contribution in [0.3, 0.4) is 0 Å². The topological polar surface area (TPSA) is 127 Å². The number of carbonyl (C=O) groups is 4. The Kier molecular flexibility index (Phi) is 7.40. The number of rotatable bonds is 6. The normalized spacial score (nSPS) is 16.8. The number of methoxy groups -OCH3 is 6. The molecule has 0 saturated heterocycles. The van der Waals surface area contributed by atoms with Crippen molar-refractivity contribution in [2.24, 2.45) is 0 Å². The average molecular weight is 493 g/mol. The highest BCUT2D eigenvalue weighted by atomic mass is 32.2. The van der Waals surface area contributed by atoms with Crippen LogP contribution in [-0.4, -0.2) is 83.4 Å². The smallest absolute Gasteiger partial charge is 0.340 e. The Morgan fingerprint density at radius 2 is 1.35 bits per heavy atom. The number of ether oxygens (including phenoxy) is 6. The van der Waals surface area contributed by atoms with Gasteiger partial charge in [0.25, 0.3) is 0 Å². The Bertz CT molecular complexity index is 1120. The van der Waals surface area contributed by atoms with Gasteiger partial charge in [-0.25, -0.2) is 19.2 Å². The second-order valence-electron chi connectivity index (χ2n) is 6.86. The number of esters is 4. The molecule has 1 atom stereocenters. The Hall–Kier alpha value is -3.67. The van der Waals surface area contributed by atoms with Crippen molar-refractivity contribution in [3.8, 4) is 11.5 Å². The molecule has 0 aliphatic carbocycles. The van der Waals surface area contributed by atoms with E-state index in [4.69, 9.17) is 28.4 Å². The van der Waals surface area contributed by atoms with E-state index in [-0.39, 0.29) is 17.1 Å². The molecule has 0 spiro atoms. The van der Waals surface area contributed by atoms with Crippen LogP contribution < -0.4 is 9.47 Å². The summed E-state index contributed by atoms with van der Waals surface area (Å²) in [7, 11) is 7.38. The SMILES string of the molecule is COC(=O)C1=C(C(=O)OC)C(C(=O)OC)N2CSc3cc(OC)c(OC)cc3C2=C1C(=O)OC. The van der Waals surface area contributed by atoms with E-state index in [1.54, 1.807) is 12.1 Å². The van der Waals surface area contributed by atoms with Crippen LogP contribution in [0.1, 0.15) is 5.56 Å². The highest BCUT2D eigenvalue weighted by molar-refractivity contribution is 7.99. The third kappa shape index (κ3) is 3.94. The Morgan fingerprint density at radius 1 is 0.794 bits per heavy atom. The van der Waals surface area contributed by atoms with Crippen molar-refractivity contribution in [1.29, 1.82) is 0 Å². The van der Waals surface area contributed by atoms with Gasteiger partial charge in [-0.15, -0.1) is 11.8 Å². The molecule has 0 saturated carbocycles. The molecule has 2 heterocycles. The first-order chi connectivity index (χ1) is 16.3. The Balaban J connectivity index is 2.51. The first-order valence-electron chi connectivity index (χ1n) is 9.76. The second-order valence-corrected chi connectivity index (χ2v) is 7.85. The van der Waals surface area contributed by atoms with Gasteiger partial charge < -0.3 is 33.3 Å². The van der Waals surface area contributed by atoms with E-state index in [9.17, 15) is 19.2 Å². The third-order valence-electron chi connectivity index (χ3n) is 5.34. The van der Waals surface area contributed by atoms with Crippen LogP contribution in [0.4, 0.5) is 0 Å². The largest absolute Gasteiger partial charge is 0.493 e. The number of benzene rings is 1. The molecule has 11 nitrogen and oxygen atoms in total. The van der Waals surface area contributed by atoms with Crippen molar-refractivity contribution in [1.82, 2.24) is 4.90 Å². The zero-order valence-corrected chi connectivity index (χ0v) is 20.2. The molecular weight excluding hydrogens is 470 g/mol. The first-order valence-corrected chi connectivity index (χ1v) is 10.7. The Morgan fingerprint density at radius 3 is 1.88 bits per heavy atom. The lowest BCUT2D eigenvalue weighted by molar-refractivity contribution is -0.148. The van der Waals surface area contributed by atoms with E-state index in [1.807, 2.05) is 0 Å². The molecular formula is C22H23NO10S. The molecule has 1 unspecified atom stereocenters. The van der Waals surface area contributed by atoms with Gasteiger partial charge in [0.1, 0.15) is 0 Å². The lowest BCUT2D eigenvalue weighted by Gasteiger charge is -2.42. The van der Waals surface area contributed by atoms with Gasteiger partial charge in [0.05, 0.1) is 71.0 Å². The molecule has 2 aliphatic rings. The van der Waals surface area contributed by atoms with Crippen LogP contribution in [0, 0.1) is 0 Å². The number of nitrogens with zero attached hydrogens (tertiary/aromatic N) is 1. The van der Waals surface area contributed by atoms with E-state index in [1.165, 1.54) is 30.9 Å². The molecule has 0 fully saturated rings. The highest BCUT2D eigenvalue weighted by Gasteiger charge is 2.49. The van der Waals surface area contributed by atoms with Crippen LogP contribution in [-0.2, 0) is 38.1 Å². The zero-order chi connectivity index (χ0) is 25.2. The monoisotopic (exact) mass is 493 g/mol. The van der Waals surface area contributed by atoms with E-state index < -0.39 is 41.1 Å². The van der Waals surface area contributed by atoms with E-state index in [0.29, 0.717) is 22.0 Å². The summed E-state index contributed by atoms with van der Waals surface area (Å²) < 4.78 is 30.4. The first kappa shape index (κ1) is 25.0. The number of hydrogen-bond donors (Lipinski definition) is 0. The number of fused-ring (bicyclic) bond motifs is 3. The van der Waals surface area contributed by atoms with Crippen LogP contribution >= 0.6 is 11.8 Å². The van der Waals surface area contributed by atoms with Crippen LogP contribution in [0.25, 0.3) is 5.70 Å².